The molecule has 6 N–H and O–H groups in total. The minimum absolute atomic E-state index is 0.634. The second kappa shape index (κ2) is 7.92. The van der Waals surface area contributed by atoms with Crippen LogP contribution in [0.4, 0.5) is 10.3 Å². The van der Waals surface area contributed by atoms with E-state index >= 15 is 0 Å². The summed E-state index contributed by atoms with van der Waals surface area (Å²) in [6, 6.07) is 0. The first kappa shape index (κ1) is 15.7. The van der Waals surface area contributed by atoms with Gasteiger partial charge in [-0.05, 0) is 0 Å². The molecule has 2 rings (SSSR count). The van der Waals surface area contributed by atoms with E-state index in [2.05, 4.69) is 9.97 Å². The highest BCUT2D eigenvalue weighted by molar-refractivity contribution is 7.79. The van der Waals surface area contributed by atoms with Crippen molar-refractivity contribution in [1.29, 1.82) is 0 Å². The fourth-order valence-corrected chi connectivity index (χ4v) is 1.23. The van der Waals surface area contributed by atoms with Crippen LogP contribution in [-0.2, 0) is 10.4 Å². The standard InChI is InChI=1S/2C3H4N2S.H2O4S/c2*4-3-5-1-2-6-3;1-5(2,3)4/h2*1-2H,(H2,4,5);(H2,1,2,3,4). The van der Waals surface area contributed by atoms with Crippen molar-refractivity contribution in [2.45, 2.75) is 0 Å². The zero-order valence-corrected chi connectivity index (χ0v) is 10.7. The lowest BCUT2D eigenvalue weighted by Crippen LogP contribution is -1.89. The van der Waals surface area contributed by atoms with Crippen LogP contribution in [0.1, 0.15) is 0 Å². The van der Waals surface area contributed by atoms with E-state index in [4.69, 9.17) is 29.0 Å². The maximum Gasteiger partial charge on any atom is 0.394 e. The molecule has 0 aromatic carbocycles. The van der Waals surface area contributed by atoms with Crippen LogP contribution in [0.25, 0.3) is 0 Å². The van der Waals surface area contributed by atoms with Gasteiger partial charge >= 0.3 is 10.4 Å². The average Bonchev–Trinajstić information content (AvgIpc) is 2.76. The third kappa shape index (κ3) is 14.7. The van der Waals surface area contributed by atoms with E-state index in [0.717, 1.165) is 0 Å². The monoisotopic (exact) mass is 298 g/mol. The molecule has 17 heavy (non-hydrogen) atoms. The molecule has 2 aromatic heterocycles. The molecule has 0 bridgehead atoms. The smallest absolute Gasteiger partial charge is 0.375 e. The van der Waals surface area contributed by atoms with Crippen molar-refractivity contribution >= 4 is 43.3 Å². The summed E-state index contributed by atoms with van der Waals surface area (Å²) >= 11 is 2.89. The quantitative estimate of drug-likeness (QED) is 0.521. The molecule has 0 aliphatic rings. The fourth-order valence-electron chi connectivity index (χ4n) is 0.469. The molecule has 0 saturated heterocycles. The average molecular weight is 298 g/mol. The van der Waals surface area contributed by atoms with Gasteiger partial charge < -0.3 is 11.5 Å². The summed E-state index contributed by atoms with van der Waals surface area (Å²) < 4.78 is 31.6. The predicted molar refractivity (Wildman–Crippen MR) is 67.2 cm³/mol. The first-order valence-electron chi connectivity index (χ1n) is 3.79. The van der Waals surface area contributed by atoms with Crippen LogP contribution in [0.2, 0.25) is 0 Å². The molecule has 0 saturated carbocycles. The Morgan fingerprint density at radius 3 is 1.35 bits per heavy atom. The van der Waals surface area contributed by atoms with E-state index in [1.54, 1.807) is 12.4 Å². The number of hydrogen-bond donors (Lipinski definition) is 4. The summed E-state index contributed by atoms with van der Waals surface area (Å²) in [7, 11) is -4.67. The van der Waals surface area contributed by atoms with E-state index in [9.17, 15) is 0 Å². The Hall–Kier alpha value is -1.27. The Balaban J connectivity index is 0.000000228. The molecule has 96 valence electrons. The number of anilines is 2. The van der Waals surface area contributed by atoms with Gasteiger partial charge in [-0.2, -0.15) is 8.42 Å². The summed E-state index contributed by atoms with van der Waals surface area (Å²) in [5.41, 5.74) is 10.4. The lowest BCUT2D eigenvalue weighted by molar-refractivity contribution is 0.381. The van der Waals surface area contributed by atoms with Gasteiger partial charge in [0.1, 0.15) is 0 Å². The van der Waals surface area contributed by atoms with Gasteiger partial charge in [-0.3, -0.25) is 9.11 Å². The molecule has 0 fully saturated rings. The zero-order chi connectivity index (χ0) is 13.3. The summed E-state index contributed by atoms with van der Waals surface area (Å²) in [6.07, 6.45) is 3.36. The number of hydrogen-bond acceptors (Lipinski definition) is 8. The van der Waals surface area contributed by atoms with E-state index in [0.29, 0.717) is 10.3 Å². The molecular weight excluding hydrogens is 288 g/mol. The van der Waals surface area contributed by atoms with E-state index in [1.165, 1.54) is 22.7 Å². The number of nitrogens with zero attached hydrogens (tertiary/aromatic N) is 2. The van der Waals surface area contributed by atoms with Crippen molar-refractivity contribution in [1.82, 2.24) is 9.97 Å². The van der Waals surface area contributed by atoms with Crippen molar-refractivity contribution in [3.05, 3.63) is 23.2 Å². The van der Waals surface area contributed by atoms with Crippen molar-refractivity contribution in [2.24, 2.45) is 0 Å². The molecule has 0 aliphatic carbocycles. The van der Waals surface area contributed by atoms with Gasteiger partial charge in [0.25, 0.3) is 0 Å². The molecule has 0 spiro atoms. The highest BCUT2D eigenvalue weighted by Gasteiger charge is 1.84. The fraction of sp³-hybridized carbons (Fsp3) is 0. The Kier molecular flexibility index (Phi) is 7.32. The molecular formula is C6H10N4O4S3. The highest BCUT2D eigenvalue weighted by atomic mass is 32.3. The summed E-state index contributed by atoms with van der Waals surface area (Å²) in [5.74, 6) is 0. The van der Waals surface area contributed by atoms with Gasteiger partial charge in [-0.1, -0.05) is 0 Å². The van der Waals surface area contributed by atoms with Crippen LogP contribution in [0, 0.1) is 0 Å². The molecule has 11 heteroatoms. The Labute approximate surface area is 106 Å². The van der Waals surface area contributed by atoms with Gasteiger partial charge in [-0.25, -0.2) is 9.97 Å². The SMILES string of the molecule is Nc1nccs1.Nc1nccs1.O=S(=O)(O)O. The number of nitrogens with two attached hydrogens (primary N) is 2. The Morgan fingerprint density at radius 1 is 1.00 bits per heavy atom. The Morgan fingerprint density at radius 2 is 1.29 bits per heavy atom. The Bertz CT molecular complexity index is 441. The number of nitrogen functional groups attached to an aromatic ring is 2. The van der Waals surface area contributed by atoms with Crippen LogP contribution < -0.4 is 11.5 Å². The minimum Gasteiger partial charge on any atom is -0.375 e. The van der Waals surface area contributed by atoms with Crippen LogP contribution >= 0.6 is 22.7 Å². The van der Waals surface area contributed by atoms with E-state index < -0.39 is 10.4 Å². The lowest BCUT2D eigenvalue weighted by atomic mass is 11.0. The summed E-state index contributed by atoms with van der Waals surface area (Å²) in [6.45, 7) is 0. The third-order valence-corrected chi connectivity index (χ3v) is 2.11. The number of aromatic nitrogens is 2. The van der Waals surface area contributed by atoms with Gasteiger partial charge in [-0.15, -0.1) is 22.7 Å². The lowest BCUT2D eigenvalue weighted by Gasteiger charge is -1.68. The van der Waals surface area contributed by atoms with Crippen molar-refractivity contribution in [3.63, 3.8) is 0 Å². The van der Waals surface area contributed by atoms with Gasteiger partial charge in [0.15, 0.2) is 10.3 Å². The van der Waals surface area contributed by atoms with Gasteiger partial charge in [0, 0.05) is 23.2 Å². The van der Waals surface area contributed by atoms with Crippen LogP contribution in [0.5, 0.6) is 0 Å². The topological polar surface area (TPSA) is 152 Å². The summed E-state index contributed by atoms with van der Waals surface area (Å²) in [5, 5.41) is 4.95. The van der Waals surface area contributed by atoms with Crippen molar-refractivity contribution < 1.29 is 17.5 Å². The number of rotatable bonds is 0. The van der Waals surface area contributed by atoms with Crippen molar-refractivity contribution in [3.8, 4) is 0 Å². The van der Waals surface area contributed by atoms with E-state index in [1.807, 2.05) is 10.8 Å². The van der Waals surface area contributed by atoms with Crippen LogP contribution in [-0.4, -0.2) is 27.5 Å². The molecule has 2 heterocycles. The molecule has 0 amide bonds. The largest absolute Gasteiger partial charge is 0.394 e. The zero-order valence-electron chi connectivity index (χ0n) is 8.29. The van der Waals surface area contributed by atoms with Gasteiger partial charge in [0.2, 0.25) is 0 Å². The molecule has 0 unspecified atom stereocenters. The molecule has 8 nitrogen and oxygen atoms in total. The van der Waals surface area contributed by atoms with E-state index in [-0.39, 0.29) is 0 Å². The van der Waals surface area contributed by atoms with Gasteiger partial charge in [0.05, 0.1) is 0 Å². The molecule has 0 radical (unpaired) electrons. The van der Waals surface area contributed by atoms with Crippen LogP contribution in [0.3, 0.4) is 0 Å². The normalized spacial score (nSPS) is 9.53. The molecule has 0 aliphatic heterocycles. The highest BCUT2D eigenvalue weighted by Crippen LogP contribution is 2.02. The maximum absolute atomic E-state index is 8.74. The first-order chi connectivity index (χ1) is 7.79. The summed E-state index contributed by atoms with van der Waals surface area (Å²) in [4.78, 5) is 7.43. The second-order valence-corrected chi connectivity index (χ2v) is 4.94. The molecule has 0 atom stereocenters. The predicted octanol–water partition coefficient (Wildman–Crippen LogP) is 0.798. The minimum atomic E-state index is -4.67. The number of thiazole rings is 2. The van der Waals surface area contributed by atoms with Crippen LogP contribution in [0.15, 0.2) is 23.2 Å². The second-order valence-electron chi connectivity index (χ2n) is 2.19. The maximum atomic E-state index is 8.74. The third-order valence-electron chi connectivity index (χ3n) is 0.903. The van der Waals surface area contributed by atoms with Crippen molar-refractivity contribution in [2.75, 3.05) is 11.5 Å². The molecule has 2 aromatic rings. The first-order valence-corrected chi connectivity index (χ1v) is 6.94.